The molecular weight excluding hydrogens is 332 g/mol. The number of carbonyl (C=O) groups is 1. The van der Waals surface area contributed by atoms with E-state index in [1.54, 1.807) is 28.9 Å². The largest absolute Gasteiger partial charge is 0.451 e. The minimum absolute atomic E-state index is 0.0102. The third-order valence-electron chi connectivity index (χ3n) is 4.10. The number of amides is 1. The van der Waals surface area contributed by atoms with Gasteiger partial charge in [0.15, 0.2) is 11.2 Å². The molecule has 0 saturated carbocycles. The first-order chi connectivity index (χ1) is 12.6. The maximum atomic E-state index is 12.5. The van der Waals surface area contributed by atoms with Crippen molar-refractivity contribution in [1.82, 2.24) is 20.3 Å². The topological polar surface area (TPSA) is 90.0 Å². The fourth-order valence-corrected chi connectivity index (χ4v) is 2.87. The fourth-order valence-electron chi connectivity index (χ4n) is 2.87. The minimum Gasteiger partial charge on any atom is -0.451 e. The summed E-state index contributed by atoms with van der Waals surface area (Å²) in [5, 5.41) is 11.5. The SMILES string of the molecule is C[C@@H](Cn1nnc2ccccc21)NC(=O)c1cc(=O)c2ccccc2o1. The molecule has 130 valence electrons. The first-order valence-electron chi connectivity index (χ1n) is 8.24. The molecule has 2 aromatic carbocycles. The van der Waals surface area contributed by atoms with Crippen LogP contribution in [-0.4, -0.2) is 26.9 Å². The summed E-state index contributed by atoms with van der Waals surface area (Å²) in [5.74, 6) is -0.450. The van der Waals surface area contributed by atoms with Gasteiger partial charge in [0.05, 0.1) is 17.4 Å². The van der Waals surface area contributed by atoms with Gasteiger partial charge in [0, 0.05) is 12.1 Å². The second kappa shape index (κ2) is 6.44. The van der Waals surface area contributed by atoms with Crippen molar-refractivity contribution in [2.75, 3.05) is 0 Å². The maximum absolute atomic E-state index is 12.5. The van der Waals surface area contributed by atoms with Crippen LogP contribution in [-0.2, 0) is 6.54 Å². The van der Waals surface area contributed by atoms with E-state index in [-0.39, 0.29) is 17.2 Å². The Bertz CT molecular complexity index is 1160. The van der Waals surface area contributed by atoms with Gasteiger partial charge in [-0.25, -0.2) is 4.68 Å². The van der Waals surface area contributed by atoms with Gasteiger partial charge in [-0.3, -0.25) is 9.59 Å². The predicted octanol–water partition coefficient (Wildman–Crippen LogP) is 2.36. The van der Waals surface area contributed by atoms with E-state index in [2.05, 4.69) is 15.6 Å². The van der Waals surface area contributed by atoms with Crippen molar-refractivity contribution in [2.24, 2.45) is 0 Å². The zero-order chi connectivity index (χ0) is 18.1. The molecular formula is C19H16N4O3. The van der Waals surface area contributed by atoms with Crippen LogP contribution in [0.4, 0.5) is 0 Å². The Morgan fingerprint density at radius 2 is 1.96 bits per heavy atom. The summed E-state index contributed by atoms with van der Waals surface area (Å²) in [6.45, 7) is 2.30. The molecule has 0 radical (unpaired) electrons. The molecule has 0 saturated heterocycles. The molecule has 2 heterocycles. The van der Waals surface area contributed by atoms with E-state index >= 15 is 0 Å². The molecule has 1 amide bonds. The first kappa shape index (κ1) is 16.0. The Morgan fingerprint density at radius 1 is 1.19 bits per heavy atom. The lowest BCUT2D eigenvalue weighted by atomic mass is 10.2. The van der Waals surface area contributed by atoms with Gasteiger partial charge >= 0.3 is 0 Å². The van der Waals surface area contributed by atoms with Crippen LogP contribution in [0.2, 0.25) is 0 Å². The number of benzene rings is 2. The number of rotatable bonds is 4. The number of hydrogen-bond acceptors (Lipinski definition) is 5. The van der Waals surface area contributed by atoms with Crippen molar-refractivity contribution >= 4 is 27.9 Å². The Morgan fingerprint density at radius 3 is 2.85 bits per heavy atom. The van der Waals surface area contributed by atoms with Crippen LogP contribution >= 0.6 is 0 Å². The molecule has 7 nitrogen and oxygen atoms in total. The third kappa shape index (κ3) is 2.95. The first-order valence-corrected chi connectivity index (χ1v) is 8.24. The summed E-state index contributed by atoms with van der Waals surface area (Å²) in [6.07, 6.45) is 0. The van der Waals surface area contributed by atoms with Crippen LogP contribution in [0.15, 0.2) is 63.8 Å². The van der Waals surface area contributed by atoms with E-state index in [0.29, 0.717) is 17.5 Å². The molecule has 2 aromatic heterocycles. The smallest absolute Gasteiger partial charge is 0.287 e. The molecule has 1 atom stereocenters. The molecule has 0 bridgehead atoms. The highest BCUT2D eigenvalue weighted by molar-refractivity contribution is 5.93. The van der Waals surface area contributed by atoms with Crippen LogP contribution in [0.25, 0.3) is 22.0 Å². The number of nitrogens with one attached hydrogen (secondary N) is 1. The standard InChI is InChI=1S/C19H16N4O3/c1-12(11-23-15-8-4-3-7-14(15)21-22-23)20-19(25)18-10-16(24)13-6-2-5-9-17(13)26-18/h2-10,12H,11H2,1H3,(H,20,25)/t12-/m0/s1. The number of hydrogen-bond donors (Lipinski definition) is 1. The molecule has 7 heteroatoms. The van der Waals surface area contributed by atoms with Gasteiger partial charge in [-0.15, -0.1) is 5.10 Å². The summed E-state index contributed by atoms with van der Waals surface area (Å²) in [4.78, 5) is 24.6. The number of fused-ring (bicyclic) bond motifs is 2. The van der Waals surface area contributed by atoms with Gasteiger partial charge in [0.2, 0.25) is 0 Å². The van der Waals surface area contributed by atoms with Crippen molar-refractivity contribution in [2.45, 2.75) is 19.5 Å². The molecule has 0 aliphatic carbocycles. The number of para-hydroxylation sites is 2. The van der Waals surface area contributed by atoms with Crippen LogP contribution in [0.3, 0.4) is 0 Å². The molecule has 0 fully saturated rings. The Balaban J connectivity index is 1.53. The average Bonchev–Trinajstić information content (AvgIpc) is 3.04. The molecule has 4 aromatic rings. The Kier molecular flexibility index (Phi) is 3.96. The average molecular weight is 348 g/mol. The van der Waals surface area contributed by atoms with Crippen molar-refractivity contribution in [1.29, 1.82) is 0 Å². The van der Waals surface area contributed by atoms with Crippen molar-refractivity contribution in [3.05, 3.63) is 70.6 Å². The van der Waals surface area contributed by atoms with Crippen LogP contribution < -0.4 is 10.7 Å². The number of nitrogens with zero attached hydrogens (tertiary/aromatic N) is 3. The van der Waals surface area contributed by atoms with Crippen molar-refractivity contribution in [3.63, 3.8) is 0 Å². The lowest BCUT2D eigenvalue weighted by Gasteiger charge is -2.13. The van der Waals surface area contributed by atoms with Gasteiger partial charge in [0.25, 0.3) is 5.91 Å². The monoisotopic (exact) mass is 348 g/mol. The van der Waals surface area contributed by atoms with E-state index in [1.165, 1.54) is 6.07 Å². The minimum atomic E-state index is -0.440. The second-order valence-electron chi connectivity index (χ2n) is 6.11. The molecule has 4 rings (SSSR count). The number of aromatic nitrogens is 3. The van der Waals surface area contributed by atoms with Crippen LogP contribution in [0, 0.1) is 0 Å². The van der Waals surface area contributed by atoms with Crippen LogP contribution in [0.5, 0.6) is 0 Å². The van der Waals surface area contributed by atoms with E-state index in [4.69, 9.17) is 4.42 Å². The number of carbonyl (C=O) groups excluding carboxylic acids is 1. The molecule has 1 N–H and O–H groups in total. The Labute approximate surface area is 148 Å². The lowest BCUT2D eigenvalue weighted by molar-refractivity contribution is 0.0908. The summed E-state index contributed by atoms with van der Waals surface area (Å²) < 4.78 is 7.30. The highest BCUT2D eigenvalue weighted by atomic mass is 16.3. The summed E-state index contributed by atoms with van der Waals surface area (Å²) in [6, 6.07) is 15.4. The van der Waals surface area contributed by atoms with E-state index in [9.17, 15) is 9.59 Å². The molecule has 0 aliphatic rings. The molecule has 0 spiro atoms. The molecule has 26 heavy (non-hydrogen) atoms. The normalized spacial score (nSPS) is 12.3. The fraction of sp³-hybridized carbons (Fsp3) is 0.158. The third-order valence-corrected chi connectivity index (χ3v) is 4.10. The van der Waals surface area contributed by atoms with E-state index < -0.39 is 5.91 Å². The summed E-state index contributed by atoms with van der Waals surface area (Å²) in [5.41, 5.74) is 1.84. The Hall–Kier alpha value is -3.48. The van der Waals surface area contributed by atoms with E-state index in [1.807, 2.05) is 31.2 Å². The lowest BCUT2D eigenvalue weighted by Crippen LogP contribution is -2.36. The molecule has 0 aliphatic heterocycles. The quantitative estimate of drug-likeness (QED) is 0.611. The van der Waals surface area contributed by atoms with Gasteiger partial charge in [-0.1, -0.05) is 29.5 Å². The van der Waals surface area contributed by atoms with Gasteiger partial charge in [-0.05, 0) is 31.2 Å². The highest BCUT2D eigenvalue weighted by Gasteiger charge is 2.16. The van der Waals surface area contributed by atoms with Crippen molar-refractivity contribution < 1.29 is 9.21 Å². The van der Waals surface area contributed by atoms with E-state index in [0.717, 1.165) is 11.0 Å². The van der Waals surface area contributed by atoms with Gasteiger partial charge in [-0.2, -0.15) is 0 Å². The van der Waals surface area contributed by atoms with Crippen molar-refractivity contribution in [3.8, 4) is 0 Å². The zero-order valence-electron chi connectivity index (χ0n) is 14.0. The zero-order valence-corrected chi connectivity index (χ0v) is 14.0. The highest BCUT2D eigenvalue weighted by Crippen LogP contribution is 2.13. The van der Waals surface area contributed by atoms with Gasteiger partial charge < -0.3 is 9.73 Å². The second-order valence-corrected chi connectivity index (χ2v) is 6.11. The predicted molar refractivity (Wildman–Crippen MR) is 96.9 cm³/mol. The van der Waals surface area contributed by atoms with Gasteiger partial charge in [0.1, 0.15) is 11.1 Å². The maximum Gasteiger partial charge on any atom is 0.287 e. The summed E-state index contributed by atoms with van der Waals surface area (Å²) >= 11 is 0. The van der Waals surface area contributed by atoms with Crippen LogP contribution in [0.1, 0.15) is 17.5 Å². The molecule has 0 unspecified atom stereocenters. The summed E-state index contributed by atoms with van der Waals surface area (Å²) in [7, 11) is 0.